The molecule has 1 aliphatic rings. The molecular formula is C23H19FN2O3S2. The van der Waals surface area contributed by atoms with E-state index in [4.69, 9.17) is 4.74 Å². The number of carbonyl (C=O) groups is 1. The van der Waals surface area contributed by atoms with Crippen LogP contribution in [-0.4, -0.2) is 23.9 Å². The topological polar surface area (TPSA) is 60.7 Å². The van der Waals surface area contributed by atoms with Crippen LogP contribution in [0, 0.1) is 5.82 Å². The lowest BCUT2D eigenvalue weighted by Gasteiger charge is -2.24. The molecule has 0 amide bonds. The molecule has 0 saturated carbocycles. The molecule has 0 unspecified atom stereocenters. The quantitative estimate of drug-likeness (QED) is 0.449. The molecule has 0 N–H and O–H groups in total. The van der Waals surface area contributed by atoms with Crippen LogP contribution in [0.15, 0.2) is 74.5 Å². The zero-order chi connectivity index (χ0) is 22.1. The predicted octanol–water partition coefficient (Wildman–Crippen LogP) is 3.27. The van der Waals surface area contributed by atoms with Crippen LogP contribution >= 0.6 is 23.1 Å². The summed E-state index contributed by atoms with van der Waals surface area (Å²) in [4.78, 5) is 32.1. The molecule has 0 spiro atoms. The maximum atomic E-state index is 13.4. The smallest absolute Gasteiger partial charge is 0.338 e. The summed E-state index contributed by atoms with van der Waals surface area (Å²) in [5.74, 6) is -0.862. The largest absolute Gasteiger partial charge is 0.466 e. The highest BCUT2D eigenvalue weighted by Gasteiger charge is 2.33. The number of allylic oxidation sites excluding steroid dienone is 1. The van der Waals surface area contributed by atoms with Gasteiger partial charge in [0.1, 0.15) is 5.82 Å². The van der Waals surface area contributed by atoms with Crippen LogP contribution in [-0.2, 0) is 9.53 Å². The van der Waals surface area contributed by atoms with Gasteiger partial charge >= 0.3 is 5.97 Å². The van der Waals surface area contributed by atoms with Crippen molar-refractivity contribution in [2.24, 2.45) is 4.99 Å². The number of thioether (sulfide) groups is 1. The number of rotatable bonds is 4. The zero-order valence-electron chi connectivity index (χ0n) is 17.1. The van der Waals surface area contributed by atoms with E-state index >= 15 is 0 Å². The van der Waals surface area contributed by atoms with E-state index in [1.165, 1.54) is 35.1 Å². The van der Waals surface area contributed by atoms with Gasteiger partial charge in [0.15, 0.2) is 4.80 Å². The molecule has 5 nitrogen and oxygen atoms in total. The highest BCUT2D eigenvalue weighted by atomic mass is 32.2. The van der Waals surface area contributed by atoms with E-state index in [0.717, 1.165) is 10.5 Å². The molecule has 2 aromatic carbocycles. The van der Waals surface area contributed by atoms with E-state index < -0.39 is 12.0 Å². The minimum atomic E-state index is -0.644. The van der Waals surface area contributed by atoms with Crippen molar-refractivity contribution in [3.63, 3.8) is 0 Å². The monoisotopic (exact) mass is 454 g/mol. The molecule has 0 fully saturated rings. The number of ether oxygens (including phenoxy) is 1. The summed E-state index contributed by atoms with van der Waals surface area (Å²) in [5, 5.41) is 0. The van der Waals surface area contributed by atoms with Crippen LogP contribution in [0.2, 0.25) is 0 Å². The minimum Gasteiger partial charge on any atom is -0.466 e. The van der Waals surface area contributed by atoms with Crippen LogP contribution in [0.1, 0.15) is 24.1 Å². The van der Waals surface area contributed by atoms with Crippen molar-refractivity contribution in [1.82, 2.24) is 4.57 Å². The molecule has 4 rings (SSSR count). The summed E-state index contributed by atoms with van der Waals surface area (Å²) in [7, 11) is 1.32. The average molecular weight is 455 g/mol. The Morgan fingerprint density at radius 3 is 2.48 bits per heavy atom. The summed E-state index contributed by atoms with van der Waals surface area (Å²) in [6.07, 6.45) is 3.69. The van der Waals surface area contributed by atoms with Crippen LogP contribution < -0.4 is 14.9 Å². The molecule has 2 heterocycles. The van der Waals surface area contributed by atoms with Gasteiger partial charge in [-0.05, 0) is 54.6 Å². The van der Waals surface area contributed by atoms with Crippen molar-refractivity contribution >= 4 is 35.1 Å². The molecular weight excluding hydrogens is 435 g/mol. The van der Waals surface area contributed by atoms with Crippen molar-refractivity contribution in [3.05, 3.63) is 96.4 Å². The van der Waals surface area contributed by atoms with Gasteiger partial charge in [-0.15, -0.1) is 11.8 Å². The van der Waals surface area contributed by atoms with E-state index in [-0.39, 0.29) is 11.4 Å². The number of esters is 1. The predicted molar refractivity (Wildman–Crippen MR) is 120 cm³/mol. The van der Waals surface area contributed by atoms with Crippen LogP contribution in [0.5, 0.6) is 0 Å². The second-order valence-corrected chi connectivity index (χ2v) is 8.79. The Morgan fingerprint density at radius 1 is 1.19 bits per heavy atom. The number of nitrogens with zero attached hydrogens (tertiary/aromatic N) is 2. The minimum absolute atomic E-state index is 0.263. The molecule has 3 aromatic rings. The van der Waals surface area contributed by atoms with Gasteiger partial charge in [-0.3, -0.25) is 9.36 Å². The fourth-order valence-corrected chi connectivity index (χ4v) is 4.96. The lowest BCUT2D eigenvalue weighted by molar-refractivity contribution is -0.136. The number of carbonyl (C=O) groups excluding carboxylic acids is 1. The molecule has 31 heavy (non-hydrogen) atoms. The molecule has 0 radical (unpaired) electrons. The number of methoxy groups -OCH3 is 1. The van der Waals surface area contributed by atoms with Gasteiger partial charge in [-0.1, -0.05) is 35.6 Å². The van der Waals surface area contributed by atoms with E-state index in [1.807, 2.05) is 30.5 Å². The van der Waals surface area contributed by atoms with Crippen molar-refractivity contribution < 1.29 is 13.9 Å². The number of benzene rings is 2. The van der Waals surface area contributed by atoms with Crippen molar-refractivity contribution in [2.45, 2.75) is 17.9 Å². The molecule has 0 aliphatic carbocycles. The van der Waals surface area contributed by atoms with E-state index in [1.54, 1.807) is 36.9 Å². The van der Waals surface area contributed by atoms with Gasteiger partial charge in [-0.2, -0.15) is 0 Å². The van der Waals surface area contributed by atoms with E-state index in [2.05, 4.69) is 4.99 Å². The summed E-state index contributed by atoms with van der Waals surface area (Å²) in [5.41, 5.74) is 2.08. The first kappa shape index (κ1) is 21.3. The maximum absolute atomic E-state index is 13.4. The first-order valence-corrected chi connectivity index (χ1v) is 11.5. The Morgan fingerprint density at radius 2 is 1.87 bits per heavy atom. The van der Waals surface area contributed by atoms with Crippen molar-refractivity contribution in [3.8, 4) is 0 Å². The van der Waals surface area contributed by atoms with Gasteiger partial charge in [0.25, 0.3) is 5.56 Å². The number of hydrogen-bond donors (Lipinski definition) is 0. The first-order chi connectivity index (χ1) is 14.9. The summed E-state index contributed by atoms with van der Waals surface area (Å²) >= 11 is 2.85. The second kappa shape index (κ2) is 8.64. The Balaban J connectivity index is 1.94. The van der Waals surface area contributed by atoms with E-state index in [0.29, 0.717) is 26.2 Å². The third-order valence-electron chi connectivity index (χ3n) is 5.03. The van der Waals surface area contributed by atoms with Gasteiger partial charge in [0.2, 0.25) is 0 Å². The third kappa shape index (κ3) is 4.00. The Labute approximate surface area is 186 Å². The third-order valence-corrected chi connectivity index (χ3v) is 6.75. The normalized spacial score (nSPS) is 16.1. The number of hydrogen-bond acceptors (Lipinski definition) is 6. The molecule has 1 atom stereocenters. The SMILES string of the molecule is COC(=O)C1=C(C)N=c2s/c(=C/c3ccc(F)cc3)c(=O)n2[C@H]1c1ccc(SC)cc1. The second-order valence-electron chi connectivity index (χ2n) is 6.90. The molecule has 1 aromatic heterocycles. The standard InChI is InChI=1S/C23H19FN2O3S2/c1-13-19(22(28)29-2)20(15-6-10-17(30-3)11-7-15)26-21(27)18(31-23(26)25-13)12-14-4-8-16(24)9-5-14/h4-12,20H,1-3H3/b18-12+/t20-/m0/s1. The van der Waals surface area contributed by atoms with Gasteiger partial charge in [0, 0.05) is 4.90 Å². The zero-order valence-corrected chi connectivity index (χ0v) is 18.7. The molecule has 1 aliphatic heterocycles. The number of fused-ring (bicyclic) bond motifs is 1. The molecule has 0 bridgehead atoms. The summed E-state index contributed by atoms with van der Waals surface area (Å²) in [6.45, 7) is 1.74. The summed E-state index contributed by atoms with van der Waals surface area (Å²) in [6, 6.07) is 13.0. The molecule has 0 saturated heterocycles. The van der Waals surface area contributed by atoms with Gasteiger partial charge < -0.3 is 4.74 Å². The maximum Gasteiger partial charge on any atom is 0.338 e. The number of halogens is 1. The highest BCUT2D eigenvalue weighted by Crippen LogP contribution is 2.31. The summed E-state index contributed by atoms with van der Waals surface area (Å²) < 4.78 is 20.2. The fourth-order valence-electron chi connectivity index (χ4n) is 3.50. The van der Waals surface area contributed by atoms with E-state index in [9.17, 15) is 14.0 Å². The van der Waals surface area contributed by atoms with Gasteiger partial charge in [0.05, 0.1) is 29.0 Å². The van der Waals surface area contributed by atoms with Crippen LogP contribution in [0.25, 0.3) is 6.08 Å². The first-order valence-electron chi connectivity index (χ1n) is 9.43. The molecule has 158 valence electrons. The van der Waals surface area contributed by atoms with Gasteiger partial charge in [-0.25, -0.2) is 14.2 Å². The molecule has 8 heteroatoms. The lowest BCUT2D eigenvalue weighted by Crippen LogP contribution is -2.39. The van der Waals surface area contributed by atoms with Crippen molar-refractivity contribution in [1.29, 1.82) is 0 Å². The fraction of sp³-hybridized carbons (Fsp3) is 0.174. The lowest BCUT2D eigenvalue weighted by atomic mass is 9.96. The highest BCUT2D eigenvalue weighted by molar-refractivity contribution is 7.98. The Bertz CT molecular complexity index is 1350. The number of aromatic nitrogens is 1. The van der Waals surface area contributed by atoms with Crippen LogP contribution in [0.3, 0.4) is 0 Å². The number of thiazole rings is 1. The Kier molecular flexibility index (Phi) is 5.93. The Hall–Kier alpha value is -2.97. The van der Waals surface area contributed by atoms with Crippen LogP contribution in [0.4, 0.5) is 4.39 Å². The van der Waals surface area contributed by atoms with Crippen molar-refractivity contribution in [2.75, 3.05) is 13.4 Å². The average Bonchev–Trinajstić information content (AvgIpc) is 3.08.